The summed E-state index contributed by atoms with van der Waals surface area (Å²) in [4.78, 5) is 0. The Morgan fingerprint density at radius 1 is 1.32 bits per heavy atom. The molecule has 0 saturated carbocycles. The third kappa shape index (κ3) is 5.51. The van der Waals surface area contributed by atoms with Crippen molar-refractivity contribution in [3.05, 3.63) is 28.2 Å². The van der Waals surface area contributed by atoms with E-state index in [0.29, 0.717) is 6.61 Å². The van der Waals surface area contributed by atoms with Crippen LogP contribution in [0.5, 0.6) is 5.75 Å². The minimum atomic E-state index is 0.213. The van der Waals surface area contributed by atoms with Crippen molar-refractivity contribution in [2.45, 2.75) is 39.3 Å². The highest BCUT2D eigenvalue weighted by molar-refractivity contribution is 9.10. The van der Waals surface area contributed by atoms with Gasteiger partial charge < -0.3 is 14.8 Å². The van der Waals surface area contributed by atoms with Gasteiger partial charge in [0.15, 0.2) is 0 Å². The summed E-state index contributed by atoms with van der Waals surface area (Å²) in [5.74, 6) is 0.850. The van der Waals surface area contributed by atoms with Gasteiger partial charge in [0.25, 0.3) is 0 Å². The highest BCUT2D eigenvalue weighted by Gasteiger charge is 2.13. The molecule has 0 saturated heterocycles. The molecule has 1 rings (SSSR count). The molecule has 0 fully saturated rings. The van der Waals surface area contributed by atoms with Gasteiger partial charge in [0.05, 0.1) is 30.3 Å². The van der Waals surface area contributed by atoms with Crippen molar-refractivity contribution >= 4 is 15.9 Å². The normalized spacial score (nSPS) is 12.7. The van der Waals surface area contributed by atoms with Gasteiger partial charge in [0, 0.05) is 0 Å². The molecule has 3 nitrogen and oxygen atoms in total. The van der Waals surface area contributed by atoms with E-state index in [1.807, 2.05) is 6.07 Å². The Bertz CT molecular complexity index is 382. The Morgan fingerprint density at radius 3 is 2.58 bits per heavy atom. The Balaban J connectivity index is 2.80. The summed E-state index contributed by atoms with van der Waals surface area (Å²) in [5, 5.41) is 3.52. The van der Waals surface area contributed by atoms with E-state index in [-0.39, 0.29) is 12.1 Å². The molecular weight excluding hydrogens is 306 g/mol. The van der Waals surface area contributed by atoms with Crippen LogP contribution in [0.15, 0.2) is 22.7 Å². The molecule has 0 aliphatic carbocycles. The maximum Gasteiger partial charge on any atom is 0.133 e. The fourth-order valence-electron chi connectivity index (χ4n) is 1.78. The van der Waals surface area contributed by atoms with Gasteiger partial charge in [-0.2, -0.15) is 0 Å². The highest BCUT2D eigenvalue weighted by Crippen LogP contribution is 2.28. The predicted octanol–water partition coefficient (Wildman–Crippen LogP) is 3.92. The van der Waals surface area contributed by atoms with E-state index in [1.165, 1.54) is 5.56 Å². The lowest BCUT2D eigenvalue weighted by molar-refractivity contribution is 0.0611. The average Bonchev–Trinajstić information content (AvgIpc) is 2.38. The third-order valence-electron chi connectivity index (χ3n) is 2.82. The molecule has 0 heterocycles. The van der Waals surface area contributed by atoms with Gasteiger partial charge in [-0.05, 0) is 60.4 Å². The fraction of sp³-hybridized carbons (Fsp3) is 0.600. The van der Waals surface area contributed by atoms with Crippen molar-refractivity contribution in [1.82, 2.24) is 5.32 Å². The van der Waals surface area contributed by atoms with Crippen LogP contribution in [0.2, 0.25) is 0 Å². The third-order valence-corrected chi connectivity index (χ3v) is 3.43. The van der Waals surface area contributed by atoms with Gasteiger partial charge in [-0.15, -0.1) is 0 Å². The van der Waals surface area contributed by atoms with Gasteiger partial charge >= 0.3 is 0 Å². The molecule has 1 unspecified atom stereocenters. The first-order valence-electron chi connectivity index (χ1n) is 6.76. The summed E-state index contributed by atoms with van der Waals surface area (Å²) in [6, 6.07) is 6.37. The van der Waals surface area contributed by atoms with Crippen molar-refractivity contribution < 1.29 is 9.47 Å². The van der Waals surface area contributed by atoms with E-state index in [9.17, 15) is 0 Å². The molecule has 108 valence electrons. The van der Waals surface area contributed by atoms with Gasteiger partial charge in [0.1, 0.15) is 5.75 Å². The van der Waals surface area contributed by atoms with Crippen LogP contribution in [-0.4, -0.2) is 26.4 Å². The zero-order valence-electron chi connectivity index (χ0n) is 12.2. The number of rotatable bonds is 8. The second kappa shape index (κ2) is 8.56. The van der Waals surface area contributed by atoms with E-state index < -0.39 is 0 Å². The van der Waals surface area contributed by atoms with E-state index in [1.54, 1.807) is 7.11 Å². The van der Waals surface area contributed by atoms with Crippen LogP contribution in [0.25, 0.3) is 0 Å². The van der Waals surface area contributed by atoms with Crippen LogP contribution in [0.3, 0.4) is 0 Å². The summed E-state index contributed by atoms with van der Waals surface area (Å²) in [7, 11) is 1.68. The first-order valence-corrected chi connectivity index (χ1v) is 7.56. The van der Waals surface area contributed by atoms with Gasteiger partial charge in [-0.25, -0.2) is 0 Å². The predicted molar refractivity (Wildman–Crippen MR) is 82.8 cm³/mol. The van der Waals surface area contributed by atoms with E-state index in [4.69, 9.17) is 9.47 Å². The number of ether oxygens (including phenoxy) is 2. The molecule has 0 bridgehead atoms. The number of methoxy groups -OCH3 is 1. The number of hydrogen-bond donors (Lipinski definition) is 1. The zero-order valence-corrected chi connectivity index (χ0v) is 13.8. The van der Waals surface area contributed by atoms with Crippen LogP contribution in [0.4, 0.5) is 0 Å². The standard InChI is InChI=1S/C15H24BrNO2/c1-5-8-17-14(10-19-11(2)3)12-6-7-15(18-4)13(16)9-12/h6-7,9,11,14,17H,5,8,10H2,1-4H3. The molecule has 0 amide bonds. The molecular formula is C15H24BrNO2. The van der Waals surface area contributed by atoms with E-state index in [2.05, 4.69) is 54.2 Å². The zero-order chi connectivity index (χ0) is 14.3. The number of halogens is 1. The lowest BCUT2D eigenvalue weighted by atomic mass is 10.1. The summed E-state index contributed by atoms with van der Waals surface area (Å²) >= 11 is 3.53. The Morgan fingerprint density at radius 2 is 2.05 bits per heavy atom. The van der Waals surface area contributed by atoms with Crippen molar-refractivity contribution in [2.24, 2.45) is 0 Å². The topological polar surface area (TPSA) is 30.5 Å². The molecule has 0 aliphatic heterocycles. The van der Waals surface area contributed by atoms with Crippen LogP contribution in [-0.2, 0) is 4.74 Å². The van der Waals surface area contributed by atoms with Crippen molar-refractivity contribution in [1.29, 1.82) is 0 Å². The van der Waals surface area contributed by atoms with Crippen LogP contribution < -0.4 is 10.1 Å². The second-order valence-electron chi connectivity index (χ2n) is 4.78. The molecule has 0 spiro atoms. The average molecular weight is 330 g/mol. The van der Waals surface area contributed by atoms with E-state index in [0.717, 1.165) is 23.2 Å². The molecule has 1 aromatic rings. The maximum atomic E-state index is 5.74. The van der Waals surface area contributed by atoms with E-state index >= 15 is 0 Å². The second-order valence-corrected chi connectivity index (χ2v) is 5.64. The number of hydrogen-bond acceptors (Lipinski definition) is 3. The SMILES string of the molecule is CCCNC(COC(C)C)c1ccc(OC)c(Br)c1. The fourth-order valence-corrected chi connectivity index (χ4v) is 2.34. The lowest BCUT2D eigenvalue weighted by Crippen LogP contribution is -2.27. The monoisotopic (exact) mass is 329 g/mol. The molecule has 19 heavy (non-hydrogen) atoms. The smallest absolute Gasteiger partial charge is 0.133 e. The molecule has 0 aliphatic rings. The van der Waals surface area contributed by atoms with Crippen molar-refractivity contribution in [3.8, 4) is 5.75 Å². The molecule has 0 radical (unpaired) electrons. The number of benzene rings is 1. The lowest BCUT2D eigenvalue weighted by Gasteiger charge is -2.21. The number of nitrogens with one attached hydrogen (secondary N) is 1. The Labute approximate surface area is 124 Å². The summed E-state index contributed by atoms with van der Waals surface area (Å²) in [6.45, 7) is 7.94. The van der Waals surface area contributed by atoms with Crippen LogP contribution in [0.1, 0.15) is 38.8 Å². The first kappa shape index (κ1) is 16.5. The summed E-state index contributed by atoms with van der Waals surface area (Å²) < 4.78 is 12.0. The Kier molecular flexibility index (Phi) is 7.42. The maximum absolute atomic E-state index is 5.74. The van der Waals surface area contributed by atoms with Gasteiger partial charge in [0.2, 0.25) is 0 Å². The quantitative estimate of drug-likeness (QED) is 0.784. The minimum Gasteiger partial charge on any atom is -0.496 e. The molecule has 4 heteroatoms. The Hall–Kier alpha value is -0.580. The summed E-state index contributed by atoms with van der Waals surface area (Å²) in [6.07, 6.45) is 1.35. The molecule has 1 aromatic carbocycles. The molecule has 1 N–H and O–H groups in total. The van der Waals surface area contributed by atoms with Gasteiger partial charge in [-0.3, -0.25) is 0 Å². The molecule has 1 atom stereocenters. The van der Waals surface area contributed by atoms with Crippen LogP contribution in [0, 0.1) is 0 Å². The molecule has 0 aromatic heterocycles. The largest absolute Gasteiger partial charge is 0.496 e. The summed E-state index contributed by atoms with van der Waals surface area (Å²) in [5.41, 5.74) is 1.21. The van der Waals surface area contributed by atoms with Crippen molar-refractivity contribution in [3.63, 3.8) is 0 Å². The highest BCUT2D eigenvalue weighted by atomic mass is 79.9. The van der Waals surface area contributed by atoms with Gasteiger partial charge in [-0.1, -0.05) is 13.0 Å². The minimum absolute atomic E-state index is 0.213. The van der Waals surface area contributed by atoms with Crippen LogP contribution >= 0.6 is 15.9 Å². The first-order chi connectivity index (χ1) is 9.08. The van der Waals surface area contributed by atoms with Crippen molar-refractivity contribution in [2.75, 3.05) is 20.3 Å².